The average molecular weight is 271 g/mol. The lowest BCUT2D eigenvalue weighted by atomic mass is 9.84. The number of nitrogens with zero attached hydrogens (tertiary/aromatic N) is 1. The maximum absolute atomic E-state index is 12.2. The van der Waals surface area contributed by atoms with E-state index in [4.69, 9.17) is 0 Å². The number of carboxylic acid groups (broad SMARTS) is 1. The van der Waals surface area contributed by atoms with Gasteiger partial charge in [0.25, 0.3) is 0 Å². The molecule has 0 aromatic carbocycles. The summed E-state index contributed by atoms with van der Waals surface area (Å²) in [6, 6.07) is -0.387. The summed E-state index contributed by atoms with van der Waals surface area (Å²) in [4.78, 5) is 25.3. The molecule has 1 heterocycles. The van der Waals surface area contributed by atoms with E-state index in [0.29, 0.717) is 18.8 Å². The Kier molecular flexibility index (Phi) is 4.54. The minimum Gasteiger partial charge on any atom is -0.480 e. The van der Waals surface area contributed by atoms with Crippen molar-refractivity contribution in [2.24, 2.45) is 5.92 Å². The highest BCUT2D eigenvalue weighted by molar-refractivity contribution is 7.98. The molecule has 0 aromatic heterocycles. The Bertz CT molecular complexity index is 334. The van der Waals surface area contributed by atoms with Gasteiger partial charge in [0.2, 0.25) is 5.91 Å². The Balaban J connectivity index is 2.11. The van der Waals surface area contributed by atoms with E-state index in [-0.39, 0.29) is 11.9 Å². The second-order valence-electron chi connectivity index (χ2n) is 5.25. The summed E-state index contributed by atoms with van der Waals surface area (Å²) in [6.07, 6.45) is 7.47. The van der Waals surface area contributed by atoms with Crippen LogP contribution >= 0.6 is 11.8 Å². The topological polar surface area (TPSA) is 57.6 Å². The molecule has 0 spiro atoms. The summed E-state index contributed by atoms with van der Waals surface area (Å²) in [5.74, 6) is 0.394. The largest absolute Gasteiger partial charge is 0.480 e. The number of carbonyl (C=O) groups is 2. The zero-order chi connectivity index (χ0) is 13.1. The van der Waals surface area contributed by atoms with Gasteiger partial charge in [0.1, 0.15) is 6.04 Å². The molecule has 1 amide bonds. The monoisotopic (exact) mass is 271 g/mol. The van der Waals surface area contributed by atoms with E-state index in [1.807, 2.05) is 6.26 Å². The molecule has 2 rings (SSSR count). The molecule has 0 unspecified atom stereocenters. The summed E-state index contributed by atoms with van der Waals surface area (Å²) in [7, 11) is 0. The number of aliphatic carboxylic acids is 1. The van der Waals surface area contributed by atoms with Gasteiger partial charge < -0.3 is 10.0 Å². The van der Waals surface area contributed by atoms with Crippen molar-refractivity contribution in [3.63, 3.8) is 0 Å². The molecule has 5 heteroatoms. The van der Waals surface area contributed by atoms with Crippen molar-refractivity contribution in [1.82, 2.24) is 4.90 Å². The second-order valence-corrected chi connectivity index (χ2v) is 6.23. The number of likely N-dealkylation sites (tertiary alicyclic amines) is 1. The SMILES string of the molecule is CSCCC(=O)N1[C@H](C(=O)O)C[C@H]2CCCC[C@@H]21. The third-order valence-electron chi connectivity index (χ3n) is 4.18. The molecule has 0 bridgehead atoms. The van der Waals surface area contributed by atoms with Crippen molar-refractivity contribution in [2.75, 3.05) is 12.0 Å². The van der Waals surface area contributed by atoms with E-state index >= 15 is 0 Å². The van der Waals surface area contributed by atoms with E-state index in [1.165, 1.54) is 6.42 Å². The Labute approximate surface area is 112 Å². The number of thioether (sulfide) groups is 1. The van der Waals surface area contributed by atoms with E-state index < -0.39 is 12.0 Å². The van der Waals surface area contributed by atoms with Crippen molar-refractivity contribution < 1.29 is 14.7 Å². The number of hydrogen-bond donors (Lipinski definition) is 1. The van der Waals surface area contributed by atoms with Crippen molar-refractivity contribution in [3.05, 3.63) is 0 Å². The van der Waals surface area contributed by atoms with E-state index in [9.17, 15) is 14.7 Å². The zero-order valence-electron chi connectivity index (χ0n) is 10.8. The Morgan fingerprint density at radius 3 is 2.72 bits per heavy atom. The van der Waals surface area contributed by atoms with E-state index in [0.717, 1.165) is 25.0 Å². The number of rotatable bonds is 4. The third-order valence-corrected chi connectivity index (χ3v) is 4.79. The molecule has 2 fully saturated rings. The van der Waals surface area contributed by atoms with Crippen LogP contribution in [0, 0.1) is 5.92 Å². The maximum atomic E-state index is 12.2. The molecule has 1 aliphatic carbocycles. The highest BCUT2D eigenvalue weighted by Gasteiger charge is 2.47. The predicted octanol–water partition coefficient (Wildman–Crippen LogP) is 1.98. The van der Waals surface area contributed by atoms with Crippen LogP contribution in [0.1, 0.15) is 38.5 Å². The molecule has 3 atom stereocenters. The fourth-order valence-corrected chi connectivity index (χ4v) is 3.74. The molecule has 102 valence electrons. The standard InChI is InChI=1S/C13H21NO3S/c1-18-7-6-12(15)14-10-5-3-2-4-9(10)8-11(14)13(16)17/h9-11H,2-8H2,1H3,(H,16,17)/t9-,10+,11+/m1/s1. The van der Waals surface area contributed by atoms with Crippen LogP contribution in [0.25, 0.3) is 0 Å². The highest BCUT2D eigenvalue weighted by atomic mass is 32.2. The first kappa shape index (κ1) is 13.7. The maximum Gasteiger partial charge on any atom is 0.326 e. The van der Waals surface area contributed by atoms with Gasteiger partial charge in [-0.1, -0.05) is 12.8 Å². The molecule has 0 radical (unpaired) electrons. The Morgan fingerprint density at radius 2 is 2.06 bits per heavy atom. The molecule has 2 aliphatic rings. The van der Waals surface area contributed by atoms with Gasteiger partial charge in [-0.2, -0.15) is 11.8 Å². The summed E-state index contributed by atoms with van der Waals surface area (Å²) in [6.45, 7) is 0. The number of carboxylic acids is 1. The normalized spacial score (nSPS) is 31.2. The van der Waals surface area contributed by atoms with Crippen LogP contribution in [-0.2, 0) is 9.59 Å². The van der Waals surface area contributed by atoms with Crippen molar-refractivity contribution in [1.29, 1.82) is 0 Å². The molecule has 4 nitrogen and oxygen atoms in total. The lowest BCUT2D eigenvalue weighted by Crippen LogP contribution is -2.46. The number of carbonyl (C=O) groups excluding carboxylic acids is 1. The van der Waals surface area contributed by atoms with Crippen LogP contribution in [0.4, 0.5) is 0 Å². The fourth-order valence-electron chi connectivity index (χ4n) is 3.36. The average Bonchev–Trinajstić information content (AvgIpc) is 2.75. The molecule has 1 saturated heterocycles. The van der Waals surface area contributed by atoms with E-state index in [2.05, 4.69) is 0 Å². The van der Waals surface area contributed by atoms with Gasteiger partial charge in [0.15, 0.2) is 0 Å². The molecule has 18 heavy (non-hydrogen) atoms. The van der Waals surface area contributed by atoms with Gasteiger partial charge in [0.05, 0.1) is 0 Å². The molecular formula is C13H21NO3S. The minimum atomic E-state index is -0.832. The van der Waals surface area contributed by atoms with E-state index in [1.54, 1.807) is 16.7 Å². The van der Waals surface area contributed by atoms with Crippen LogP contribution in [-0.4, -0.2) is 46.0 Å². The molecule has 1 saturated carbocycles. The third kappa shape index (κ3) is 2.66. The van der Waals surface area contributed by atoms with Gasteiger partial charge in [-0.05, 0) is 31.4 Å². The van der Waals surface area contributed by atoms with Crippen LogP contribution in [0.2, 0.25) is 0 Å². The smallest absolute Gasteiger partial charge is 0.326 e. The van der Waals surface area contributed by atoms with Crippen LogP contribution < -0.4 is 0 Å². The van der Waals surface area contributed by atoms with Gasteiger partial charge in [-0.3, -0.25) is 4.79 Å². The quantitative estimate of drug-likeness (QED) is 0.849. The Hall–Kier alpha value is -0.710. The van der Waals surface area contributed by atoms with Crippen LogP contribution in [0.3, 0.4) is 0 Å². The first-order valence-corrected chi connectivity index (χ1v) is 8.07. The predicted molar refractivity (Wildman–Crippen MR) is 71.6 cm³/mol. The highest BCUT2D eigenvalue weighted by Crippen LogP contribution is 2.40. The summed E-state index contributed by atoms with van der Waals surface area (Å²) in [5, 5.41) is 9.31. The summed E-state index contributed by atoms with van der Waals surface area (Å²) in [5.41, 5.74) is 0. The Morgan fingerprint density at radius 1 is 1.33 bits per heavy atom. The summed E-state index contributed by atoms with van der Waals surface area (Å²) < 4.78 is 0. The number of hydrogen-bond acceptors (Lipinski definition) is 3. The first-order chi connectivity index (χ1) is 8.65. The number of amides is 1. The first-order valence-electron chi connectivity index (χ1n) is 6.68. The van der Waals surface area contributed by atoms with Crippen molar-refractivity contribution in [2.45, 2.75) is 50.6 Å². The van der Waals surface area contributed by atoms with Gasteiger partial charge in [0, 0.05) is 18.2 Å². The van der Waals surface area contributed by atoms with Gasteiger partial charge >= 0.3 is 5.97 Å². The van der Waals surface area contributed by atoms with Crippen molar-refractivity contribution >= 4 is 23.6 Å². The van der Waals surface area contributed by atoms with Crippen LogP contribution in [0.5, 0.6) is 0 Å². The van der Waals surface area contributed by atoms with Crippen LogP contribution in [0.15, 0.2) is 0 Å². The number of fused-ring (bicyclic) bond motifs is 1. The second kappa shape index (κ2) is 5.95. The molecular weight excluding hydrogens is 250 g/mol. The van der Waals surface area contributed by atoms with Gasteiger partial charge in [-0.25, -0.2) is 4.79 Å². The molecule has 1 N–H and O–H groups in total. The zero-order valence-corrected chi connectivity index (χ0v) is 11.6. The summed E-state index contributed by atoms with van der Waals surface area (Å²) >= 11 is 1.63. The molecule has 0 aromatic rings. The minimum absolute atomic E-state index is 0.0335. The fraction of sp³-hybridized carbons (Fsp3) is 0.846. The molecule has 1 aliphatic heterocycles. The lowest BCUT2D eigenvalue weighted by molar-refractivity contribution is -0.149. The lowest BCUT2D eigenvalue weighted by Gasteiger charge is -2.33. The van der Waals surface area contributed by atoms with Crippen molar-refractivity contribution in [3.8, 4) is 0 Å². The van der Waals surface area contributed by atoms with Gasteiger partial charge in [-0.15, -0.1) is 0 Å².